The number of amides is 2. The van der Waals surface area contributed by atoms with Crippen molar-refractivity contribution in [3.63, 3.8) is 0 Å². The summed E-state index contributed by atoms with van der Waals surface area (Å²) in [4.78, 5) is 36.4. The van der Waals surface area contributed by atoms with E-state index >= 15 is 0 Å². The Kier molecular flexibility index (Phi) is 9.29. The van der Waals surface area contributed by atoms with Gasteiger partial charge in [-0.05, 0) is 46.9 Å². The van der Waals surface area contributed by atoms with Gasteiger partial charge in [-0.25, -0.2) is 9.59 Å². The highest BCUT2D eigenvalue weighted by atomic mass is 16.5. The Balaban J connectivity index is 1.55. The van der Waals surface area contributed by atoms with Gasteiger partial charge in [-0.3, -0.25) is 4.79 Å². The van der Waals surface area contributed by atoms with Crippen LogP contribution in [-0.4, -0.2) is 42.3 Å². The number of nitrogens with one attached hydrogen (secondary N) is 2. The lowest BCUT2D eigenvalue weighted by atomic mass is 9.93. The molecular weight excluding hydrogens is 444 g/mol. The Morgan fingerprint density at radius 3 is 2.14 bits per heavy atom. The molecule has 7 heteroatoms. The monoisotopic (exact) mass is 480 g/mol. The first-order valence-electron chi connectivity index (χ1n) is 12.4. The molecule has 3 rings (SSSR count). The molecule has 188 valence electrons. The average Bonchev–Trinajstić information content (AvgIpc) is 3.14. The molecule has 0 spiro atoms. The minimum absolute atomic E-state index is 0.0168. The molecule has 35 heavy (non-hydrogen) atoms. The number of fused-ring (bicyclic) bond motifs is 3. The van der Waals surface area contributed by atoms with Gasteiger partial charge < -0.3 is 20.5 Å². The number of hydrogen-bond acceptors (Lipinski definition) is 4. The van der Waals surface area contributed by atoms with Crippen LogP contribution in [0.5, 0.6) is 0 Å². The lowest BCUT2D eigenvalue weighted by molar-refractivity contribution is -0.142. The number of carboxylic acids is 1. The quantitative estimate of drug-likeness (QED) is 0.399. The van der Waals surface area contributed by atoms with Gasteiger partial charge in [-0.15, -0.1) is 0 Å². The summed E-state index contributed by atoms with van der Waals surface area (Å²) < 4.78 is 5.60. The number of aliphatic carboxylic acids is 1. The van der Waals surface area contributed by atoms with Crippen molar-refractivity contribution in [2.24, 2.45) is 11.8 Å². The fourth-order valence-electron chi connectivity index (χ4n) is 4.84. The van der Waals surface area contributed by atoms with Crippen LogP contribution >= 0.6 is 0 Å². The molecule has 0 saturated heterocycles. The molecule has 0 aliphatic heterocycles. The predicted molar refractivity (Wildman–Crippen MR) is 135 cm³/mol. The maximum absolute atomic E-state index is 12.5. The van der Waals surface area contributed by atoms with E-state index in [0.29, 0.717) is 18.8 Å². The van der Waals surface area contributed by atoms with E-state index in [1.807, 2.05) is 31.2 Å². The van der Waals surface area contributed by atoms with E-state index in [-0.39, 0.29) is 37.3 Å². The predicted octanol–water partition coefficient (Wildman–Crippen LogP) is 4.95. The Bertz CT molecular complexity index is 990. The molecule has 1 aliphatic rings. The fourth-order valence-corrected chi connectivity index (χ4v) is 4.84. The molecule has 0 bridgehead atoms. The molecule has 3 N–H and O–H groups in total. The first-order chi connectivity index (χ1) is 16.8. The molecule has 2 aromatic rings. The summed E-state index contributed by atoms with van der Waals surface area (Å²) in [7, 11) is 0. The highest BCUT2D eigenvalue weighted by Gasteiger charge is 2.29. The van der Waals surface area contributed by atoms with Crippen molar-refractivity contribution in [3.8, 4) is 11.1 Å². The second-order valence-corrected chi connectivity index (χ2v) is 9.65. The van der Waals surface area contributed by atoms with Crippen LogP contribution in [0.3, 0.4) is 0 Å². The molecule has 2 aromatic carbocycles. The van der Waals surface area contributed by atoms with Gasteiger partial charge in [0.2, 0.25) is 5.91 Å². The second-order valence-electron chi connectivity index (χ2n) is 9.65. The zero-order chi connectivity index (χ0) is 25.4. The molecule has 2 unspecified atom stereocenters. The van der Waals surface area contributed by atoms with E-state index in [9.17, 15) is 19.5 Å². The Morgan fingerprint density at radius 1 is 1.00 bits per heavy atom. The fraction of sp³-hybridized carbons (Fsp3) is 0.464. The topological polar surface area (TPSA) is 105 Å². The van der Waals surface area contributed by atoms with Crippen molar-refractivity contribution in [2.75, 3.05) is 13.2 Å². The third kappa shape index (κ3) is 7.07. The summed E-state index contributed by atoms with van der Waals surface area (Å²) >= 11 is 0. The molecule has 0 aromatic heterocycles. The van der Waals surface area contributed by atoms with Crippen molar-refractivity contribution >= 4 is 18.0 Å². The van der Waals surface area contributed by atoms with Crippen LogP contribution in [-0.2, 0) is 14.3 Å². The molecule has 2 amide bonds. The van der Waals surface area contributed by atoms with Crippen LogP contribution in [0.15, 0.2) is 48.5 Å². The third-order valence-electron chi connectivity index (χ3n) is 6.37. The zero-order valence-corrected chi connectivity index (χ0v) is 20.8. The van der Waals surface area contributed by atoms with E-state index in [0.717, 1.165) is 17.5 Å². The number of benzene rings is 2. The lowest BCUT2D eigenvalue weighted by Crippen LogP contribution is -2.42. The number of carbonyl (C=O) groups excluding carboxylic acids is 2. The van der Waals surface area contributed by atoms with Crippen LogP contribution in [0.4, 0.5) is 4.79 Å². The van der Waals surface area contributed by atoms with Crippen LogP contribution in [0.25, 0.3) is 11.1 Å². The molecule has 0 radical (unpaired) electrons. The maximum Gasteiger partial charge on any atom is 0.407 e. The number of alkyl carbamates (subject to hydrolysis) is 1. The first-order valence-corrected chi connectivity index (χ1v) is 12.4. The zero-order valence-electron chi connectivity index (χ0n) is 20.8. The van der Waals surface area contributed by atoms with E-state index in [2.05, 4.69) is 48.7 Å². The normalized spacial score (nSPS) is 14.1. The van der Waals surface area contributed by atoms with Crippen LogP contribution in [0.2, 0.25) is 0 Å². The van der Waals surface area contributed by atoms with Crippen molar-refractivity contribution < 1.29 is 24.2 Å². The van der Waals surface area contributed by atoms with E-state index in [1.165, 1.54) is 11.1 Å². The van der Waals surface area contributed by atoms with Gasteiger partial charge in [0.05, 0.1) is 0 Å². The summed E-state index contributed by atoms with van der Waals surface area (Å²) in [6.07, 6.45) is 1.40. The number of hydrogen-bond donors (Lipinski definition) is 3. The molecule has 0 fully saturated rings. The van der Waals surface area contributed by atoms with Crippen molar-refractivity contribution in [3.05, 3.63) is 59.7 Å². The smallest absolute Gasteiger partial charge is 0.407 e. The van der Waals surface area contributed by atoms with Gasteiger partial charge >= 0.3 is 12.1 Å². The van der Waals surface area contributed by atoms with Gasteiger partial charge in [0.1, 0.15) is 12.6 Å². The summed E-state index contributed by atoms with van der Waals surface area (Å²) in [5.74, 6) is -1.16. The number of rotatable bonds is 12. The summed E-state index contributed by atoms with van der Waals surface area (Å²) in [6.45, 7) is 6.49. The van der Waals surface area contributed by atoms with Crippen LogP contribution < -0.4 is 10.6 Å². The number of ether oxygens (including phenoxy) is 1. The summed E-state index contributed by atoms with van der Waals surface area (Å²) in [5.41, 5.74) is 4.64. The van der Waals surface area contributed by atoms with Crippen molar-refractivity contribution in [1.82, 2.24) is 10.6 Å². The molecule has 2 atom stereocenters. The Hall–Kier alpha value is -3.35. The van der Waals surface area contributed by atoms with Gasteiger partial charge in [0, 0.05) is 18.9 Å². The number of carboxylic acid groups (broad SMARTS) is 1. The highest BCUT2D eigenvalue weighted by Crippen LogP contribution is 2.44. The average molecular weight is 481 g/mol. The van der Waals surface area contributed by atoms with Gasteiger partial charge in [0.15, 0.2) is 0 Å². The molecule has 1 aliphatic carbocycles. The Labute approximate surface area is 207 Å². The summed E-state index contributed by atoms with van der Waals surface area (Å²) in [5, 5.41) is 14.7. The van der Waals surface area contributed by atoms with E-state index in [4.69, 9.17) is 4.74 Å². The van der Waals surface area contributed by atoms with Crippen LogP contribution in [0, 0.1) is 11.8 Å². The SMILES string of the molecule is CCCC(NC(=O)CC(CNC(=O)OCC1c2ccccc2-c2ccccc21)CC(C)C)C(=O)O. The minimum Gasteiger partial charge on any atom is -0.480 e. The molecule has 7 nitrogen and oxygen atoms in total. The van der Waals surface area contributed by atoms with Crippen molar-refractivity contribution in [2.45, 2.75) is 58.4 Å². The Morgan fingerprint density at radius 2 is 1.60 bits per heavy atom. The van der Waals surface area contributed by atoms with Gasteiger partial charge in [-0.1, -0.05) is 75.7 Å². The van der Waals surface area contributed by atoms with Gasteiger partial charge in [-0.2, -0.15) is 0 Å². The maximum atomic E-state index is 12.5. The molecular formula is C28H36N2O5. The third-order valence-corrected chi connectivity index (χ3v) is 6.37. The second kappa shape index (κ2) is 12.4. The number of carbonyl (C=O) groups is 3. The first kappa shape index (κ1) is 26.3. The largest absolute Gasteiger partial charge is 0.480 e. The van der Waals surface area contributed by atoms with E-state index in [1.54, 1.807) is 0 Å². The van der Waals surface area contributed by atoms with Crippen molar-refractivity contribution in [1.29, 1.82) is 0 Å². The minimum atomic E-state index is -1.03. The highest BCUT2D eigenvalue weighted by molar-refractivity contribution is 5.83. The van der Waals surface area contributed by atoms with Crippen LogP contribution in [0.1, 0.15) is 63.5 Å². The molecule has 0 saturated carbocycles. The standard InChI is InChI=1S/C28H36N2O5/c1-4-9-25(27(32)33)30-26(31)15-19(14-18(2)3)16-29-28(34)35-17-24-22-12-7-5-10-20(22)21-11-6-8-13-23(21)24/h5-8,10-13,18-19,24-25H,4,9,14-17H2,1-3H3,(H,29,34)(H,30,31)(H,32,33). The van der Waals surface area contributed by atoms with Gasteiger partial charge in [0.25, 0.3) is 0 Å². The lowest BCUT2D eigenvalue weighted by Gasteiger charge is -2.21. The van der Waals surface area contributed by atoms with E-state index < -0.39 is 18.1 Å². The summed E-state index contributed by atoms with van der Waals surface area (Å²) in [6, 6.07) is 15.4. The molecule has 0 heterocycles.